The van der Waals surface area contributed by atoms with Gasteiger partial charge in [-0.15, -0.1) is 11.8 Å². The molecule has 1 atom stereocenters. The molecule has 0 aliphatic carbocycles. The van der Waals surface area contributed by atoms with Crippen LogP contribution in [0.25, 0.3) is 10.2 Å². The van der Waals surface area contributed by atoms with Gasteiger partial charge in [-0.3, -0.25) is 9.59 Å². The Morgan fingerprint density at radius 1 is 1.23 bits per heavy atom. The van der Waals surface area contributed by atoms with Gasteiger partial charge in [0.05, 0.1) is 21.7 Å². The molecule has 35 heavy (non-hydrogen) atoms. The Labute approximate surface area is 216 Å². The van der Waals surface area contributed by atoms with E-state index in [4.69, 9.17) is 16.3 Å². The van der Waals surface area contributed by atoms with Crippen molar-refractivity contribution < 1.29 is 22.7 Å². The van der Waals surface area contributed by atoms with Crippen LogP contribution in [0.5, 0.6) is 0 Å². The summed E-state index contributed by atoms with van der Waals surface area (Å²) in [6.45, 7) is 2.09. The molecule has 0 saturated carbocycles. The SMILES string of the molecule is CCOC(=O)Cn1c(=NC(=O)C2CCCN2S(=O)(=O)c2ccc(Cl)cc2)sc2cc(SC)ccc21. The lowest BCUT2D eigenvalue weighted by atomic mass is 10.2. The van der Waals surface area contributed by atoms with Gasteiger partial charge in [-0.1, -0.05) is 22.9 Å². The van der Waals surface area contributed by atoms with E-state index in [1.807, 2.05) is 24.5 Å². The summed E-state index contributed by atoms with van der Waals surface area (Å²) in [5, 5.41) is 0.425. The molecular weight excluding hydrogens is 530 g/mol. The molecule has 8 nitrogen and oxygen atoms in total. The highest BCUT2D eigenvalue weighted by Crippen LogP contribution is 2.28. The number of aromatic nitrogens is 1. The van der Waals surface area contributed by atoms with Crippen LogP contribution in [0.1, 0.15) is 19.8 Å². The van der Waals surface area contributed by atoms with E-state index in [1.54, 1.807) is 23.3 Å². The average molecular weight is 554 g/mol. The minimum Gasteiger partial charge on any atom is -0.465 e. The third-order valence-electron chi connectivity index (χ3n) is 5.60. The highest BCUT2D eigenvalue weighted by atomic mass is 35.5. The summed E-state index contributed by atoms with van der Waals surface area (Å²) in [7, 11) is -3.90. The summed E-state index contributed by atoms with van der Waals surface area (Å²) in [4.78, 5) is 31.3. The van der Waals surface area contributed by atoms with Crippen LogP contribution in [0.2, 0.25) is 5.02 Å². The van der Waals surface area contributed by atoms with Crippen molar-refractivity contribution in [2.75, 3.05) is 19.4 Å². The largest absolute Gasteiger partial charge is 0.465 e. The molecule has 2 aromatic carbocycles. The Morgan fingerprint density at radius 3 is 2.66 bits per heavy atom. The highest BCUT2D eigenvalue weighted by Gasteiger charge is 2.39. The molecule has 12 heteroatoms. The summed E-state index contributed by atoms with van der Waals surface area (Å²) >= 11 is 8.76. The number of hydrogen-bond donors (Lipinski definition) is 0. The van der Waals surface area contributed by atoms with E-state index in [2.05, 4.69) is 4.99 Å². The van der Waals surface area contributed by atoms with Crippen molar-refractivity contribution in [2.24, 2.45) is 4.99 Å². The van der Waals surface area contributed by atoms with Crippen LogP contribution in [0.4, 0.5) is 0 Å². The molecule has 4 rings (SSSR count). The lowest BCUT2D eigenvalue weighted by Gasteiger charge is -2.21. The van der Waals surface area contributed by atoms with Gasteiger partial charge in [0.1, 0.15) is 12.6 Å². The van der Waals surface area contributed by atoms with E-state index in [1.165, 1.54) is 39.9 Å². The molecule has 0 N–H and O–H groups in total. The van der Waals surface area contributed by atoms with Crippen molar-refractivity contribution >= 4 is 66.8 Å². The summed E-state index contributed by atoms with van der Waals surface area (Å²) in [5.74, 6) is -1.00. The van der Waals surface area contributed by atoms with Gasteiger partial charge in [0.15, 0.2) is 4.80 Å². The standard InChI is InChI=1S/C23H24ClN3O5S3/c1-3-32-21(28)14-26-18-11-8-16(33-2)13-20(18)34-23(26)25-22(29)19-5-4-12-27(19)35(30,31)17-9-6-15(24)7-10-17/h6-11,13,19H,3-5,12,14H2,1-2H3. The fourth-order valence-corrected chi connectivity index (χ4v) is 7.31. The van der Waals surface area contributed by atoms with Gasteiger partial charge in [0.2, 0.25) is 10.0 Å². The normalized spacial score (nSPS) is 17.2. The highest BCUT2D eigenvalue weighted by molar-refractivity contribution is 7.98. The number of thioether (sulfide) groups is 1. The molecule has 2 heterocycles. The number of sulfonamides is 1. The fourth-order valence-electron chi connectivity index (χ4n) is 3.94. The number of hydrogen-bond acceptors (Lipinski definition) is 7. The molecule has 1 aliphatic heterocycles. The number of halogens is 1. The Balaban J connectivity index is 1.73. The minimum atomic E-state index is -3.90. The van der Waals surface area contributed by atoms with Crippen molar-refractivity contribution in [2.45, 2.75) is 42.1 Å². The van der Waals surface area contributed by atoms with Crippen LogP contribution in [0, 0.1) is 0 Å². The maximum absolute atomic E-state index is 13.3. The maximum atomic E-state index is 13.3. The topological polar surface area (TPSA) is 98.0 Å². The van der Waals surface area contributed by atoms with Gasteiger partial charge in [0.25, 0.3) is 5.91 Å². The number of benzene rings is 2. The minimum absolute atomic E-state index is 0.0745. The summed E-state index contributed by atoms with van der Waals surface area (Å²) in [5.41, 5.74) is 0.754. The predicted octanol–water partition coefficient (Wildman–Crippen LogP) is 3.92. The molecule has 1 saturated heterocycles. The van der Waals surface area contributed by atoms with Crippen LogP contribution in [-0.2, 0) is 30.9 Å². The van der Waals surface area contributed by atoms with Gasteiger partial charge in [-0.25, -0.2) is 8.42 Å². The predicted molar refractivity (Wildman–Crippen MR) is 137 cm³/mol. The number of esters is 1. The van der Waals surface area contributed by atoms with Gasteiger partial charge in [-0.2, -0.15) is 9.30 Å². The van der Waals surface area contributed by atoms with Crippen molar-refractivity contribution in [1.82, 2.24) is 8.87 Å². The monoisotopic (exact) mass is 553 g/mol. The van der Waals surface area contributed by atoms with Gasteiger partial charge in [0, 0.05) is 16.5 Å². The number of rotatable bonds is 7. The number of thiazole rings is 1. The Hall–Kier alpha value is -2.18. The lowest BCUT2D eigenvalue weighted by molar-refractivity contribution is -0.143. The van der Waals surface area contributed by atoms with Crippen molar-refractivity contribution in [1.29, 1.82) is 0 Å². The lowest BCUT2D eigenvalue weighted by Crippen LogP contribution is -2.40. The number of nitrogens with zero attached hydrogens (tertiary/aromatic N) is 3. The zero-order chi connectivity index (χ0) is 25.2. The van der Waals surface area contributed by atoms with Gasteiger partial charge < -0.3 is 9.30 Å². The second-order valence-electron chi connectivity index (χ2n) is 7.79. The van der Waals surface area contributed by atoms with Gasteiger partial charge in [-0.05, 0) is 68.5 Å². The molecular formula is C23H24ClN3O5S3. The van der Waals surface area contributed by atoms with E-state index < -0.39 is 27.9 Å². The molecule has 1 amide bonds. The van der Waals surface area contributed by atoms with E-state index in [0.29, 0.717) is 22.7 Å². The quantitative estimate of drug-likeness (QED) is 0.325. The van der Waals surface area contributed by atoms with E-state index in [0.717, 1.165) is 15.1 Å². The molecule has 1 aromatic heterocycles. The van der Waals surface area contributed by atoms with Crippen molar-refractivity contribution in [3.05, 3.63) is 52.3 Å². The summed E-state index contributed by atoms with van der Waals surface area (Å²) in [6, 6.07) is 10.7. The summed E-state index contributed by atoms with van der Waals surface area (Å²) < 4.78 is 35.3. The molecule has 186 valence electrons. The maximum Gasteiger partial charge on any atom is 0.326 e. The number of carbonyl (C=O) groups excluding carboxylic acids is 2. The van der Waals surface area contributed by atoms with Crippen molar-refractivity contribution in [3.63, 3.8) is 0 Å². The van der Waals surface area contributed by atoms with Crippen molar-refractivity contribution in [3.8, 4) is 0 Å². The average Bonchev–Trinajstić information content (AvgIpc) is 3.45. The molecule has 1 aliphatic rings. The van der Waals surface area contributed by atoms with E-state index >= 15 is 0 Å². The smallest absolute Gasteiger partial charge is 0.326 e. The first-order valence-electron chi connectivity index (χ1n) is 10.9. The second-order valence-corrected chi connectivity index (χ2v) is 12.0. The van der Waals surface area contributed by atoms with E-state index in [9.17, 15) is 18.0 Å². The zero-order valence-corrected chi connectivity index (χ0v) is 22.3. The first-order valence-corrected chi connectivity index (χ1v) is 14.8. The van der Waals surface area contributed by atoms with Gasteiger partial charge >= 0.3 is 5.97 Å². The molecule has 3 aromatic rings. The number of fused-ring (bicyclic) bond motifs is 1. The Kier molecular flexibility index (Phi) is 8.02. The number of ether oxygens (including phenoxy) is 1. The van der Waals surface area contributed by atoms with Crippen LogP contribution < -0.4 is 4.80 Å². The molecule has 0 radical (unpaired) electrons. The first kappa shape index (κ1) is 25.9. The van der Waals surface area contributed by atoms with Crippen LogP contribution in [0.3, 0.4) is 0 Å². The zero-order valence-electron chi connectivity index (χ0n) is 19.1. The number of carbonyl (C=O) groups is 2. The second kappa shape index (κ2) is 10.8. The van der Waals surface area contributed by atoms with Crippen LogP contribution >= 0.6 is 34.7 Å². The summed E-state index contributed by atoms with van der Waals surface area (Å²) in [6.07, 6.45) is 2.88. The third-order valence-corrected chi connectivity index (χ3v) is 9.54. The molecule has 1 fully saturated rings. The molecule has 0 bridgehead atoms. The fraction of sp³-hybridized carbons (Fsp3) is 0.348. The first-order chi connectivity index (χ1) is 16.7. The van der Waals surface area contributed by atoms with Crippen LogP contribution in [-0.4, -0.2) is 54.6 Å². The number of amides is 1. The molecule has 0 spiro atoms. The molecule has 1 unspecified atom stereocenters. The Bertz CT molecular complexity index is 1430. The van der Waals surface area contributed by atoms with Crippen LogP contribution in [0.15, 0.2) is 57.2 Å². The third kappa shape index (κ3) is 5.49. The Morgan fingerprint density at radius 2 is 1.97 bits per heavy atom. The van der Waals surface area contributed by atoms with E-state index in [-0.39, 0.29) is 24.6 Å².